The quantitative estimate of drug-likeness (QED) is 0.750. The SMILES string of the molecule is CCOC(=O)c1ccc2c(c1)C1CCCC3C1C(C2)C(=O)N3c1ccccc1. The Labute approximate surface area is 165 Å². The van der Waals surface area contributed by atoms with Crippen LogP contribution in [0.15, 0.2) is 48.5 Å². The first-order valence-electron chi connectivity index (χ1n) is 10.4. The van der Waals surface area contributed by atoms with Crippen molar-refractivity contribution < 1.29 is 14.3 Å². The summed E-state index contributed by atoms with van der Waals surface area (Å²) in [7, 11) is 0. The number of nitrogens with zero attached hydrogens (tertiary/aromatic N) is 1. The number of ether oxygens (including phenoxy) is 1. The highest BCUT2D eigenvalue weighted by Crippen LogP contribution is 2.54. The van der Waals surface area contributed by atoms with Gasteiger partial charge in [-0.2, -0.15) is 0 Å². The second kappa shape index (κ2) is 6.77. The van der Waals surface area contributed by atoms with Crippen molar-refractivity contribution in [3.63, 3.8) is 0 Å². The first-order chi connectivity index (χ1) is 13.7. The summed E-state index contributed by atoms with van der Waals surface area (Å²) < 4.78 is 5.20. The fourth-order valence-electron chi connectivity index (χ4n) is 5.75. The number of fused-ring (bicyclic) bond motifs is 2. The highest BCUT2D eigenvalue weighted by atomic mass is 16.5. The molecule has 0 radical (unpaired) electrons. The molecule has 1 aliphatic heterocycles. The van der Waals surface area contributed by atoms with Crippen LogP contribution in [0.1, 0.15) is 53.6 Å². The van der Waals surface area contributed by atoms with Gasteiger partial charge >= 0.3 is 5.97 Å². The van der Waals surface area contributed by atoms with Gasteiger partial charge in [-0.3, -0.25) is 4.79 Å². The van der Waals surface area contributed by atoms with E-state index in [2.05, 4.69) is 4.90 Å². The molecule has 0 N–H and O–H groups in total. The number of carbonyl (C=O) groups is 2. The molecule has 4 heteroatoms. The molecule has 0 bridgehead atoms. The van der Waals surface area contributed by atoms with Gasteiger partial charge in [0.1, 0.15) is 0 Å². The Morgan fingerprint density at radius 2 is 1.93 bits per heavy atom. The zero-order valence-corrected chi connectivity index (χ0v) is 16.1. The van der Waals surface area contributed by atoms with Crippen LogP contribution in [0, 0.1) is 11.8 Å². The first-order valence-corrected chi connectivity index (χ1v) is 10.4. The van der Waals surface area contributed by atoms with Gasteiger partial charge in [-0.05, 0) is 73.4 Å². The number of esters is 1. The van der Waals surface area contributed by atoms with Gasteiger partial charge in [0.05, 0.1) is 12.2 Å². The van der Waals surface area contributed by atoms with Crippen LogP contribution in [0.2, 0.25) is 0 Å². The topological polar surface area (TPSA) is 46.6 Å². The molecule has 2 aromatic rings. The van der Waals surface area contributed by atoms with Crippen molar-refractivity contribution in [3.8, 4) is 0 Å². The van der Waals surface area contributed by atoms with Crippen LogP contribution in [-0.4, -0.2) is 24.5 Å². The number of carbonyl (C=O) groups excluding carboxylic acids is 2. The lowest BCUT2D eigenvalue weighted by atomic mass is 9.63. The summed E-state index contributed by atoms with van der Waals surface area (Å²) in [4.78, 5) is 27.7. The minimum atomic E-state index is -0.256. The summed E-state index contributed by atoms with van der Waals surface area (Å²) in [5, 5.41) is 0. The third kappa shape index (κ3) is 2.58. The molecule has 1 amide bonds. The Balaban J connectivity index is 1.54. The average molecular weight is 375 g/mol. The second-order valence-electron chi connectivity index (χ2n) is 8.17. The molecule has 2 aliphatic carbocycles. The van der Waals surface area contributed by atoms with E-state index in [1.165, 1.54) is 11.1 Å². The maximum absolute atomic E-state index is 13.4. The molecule has 3 aliphatic rings. The summed E-state index contributed by atoms with van der Waals surface area (Å²) in [5.74, 6) is 0.754. The monoisotopic (exact) mass is 375 g/mol. The smallest absolute Gasteiger partial charge is 0.338 e. The van der Waals surface area contributed by atoms with Crippen LogP contribution >= 0.6 is 0 Å². The number of hydrogen-bond donors (Lipinski definition) is 0. The molecule has 5 rings (SSSR count). The highest BCUT2D eigenvalue weighted by Gasteiger charge is 2.55. The van der Waals surface area contributed by atoms with Gasteiger partial charge in [-0.15, -0.1) is 0 Å². The van der Waals surface area contributed by atoms with E-state index < -0.39 is 0 Å². The summed E-state index contributed by atoms with van der Waals surface area (Å²) in [6, 6.07) is 16.3. The first kappa shape index (κ1) is 17.5. The van der Waals surface area contributed by atoms with Crippen molar-refractivity contribution in [2.24, 2.45) is 11.8 Å². The molecular formula is C24H25NO3. The maximum atomic E-state index is 13.4. The standard InChI is InChI=1S/C24H25NO3/c1-2-28-24(27)16-12-11-15-13-20-22-18(19(15)14-16)9-6-10-21(22)25(23(20)26)17-7-4-3-5-8-17/h3-5,7-8,11-12,14,18,20-22H,2,6,9-10,13H2,1H3. The van der Waals surface area contributed by atoms with E-state index in [0.29, 0.717) is 24.0 Å². The molecule has 0 aromatic heterocycles. The largest absolute Gasteiger partial charge is 0.462 e. The van der Waals surface area contributed by atoms with Crippen LogP contribution in [0.3, 0.4) is 0 Å². The number of hydrogen-bond acceptors (Lipinski definition) is 3. The molecule has 1 heterocycles. The summed E-state index contributed by atoms with van der Waals surface area (Å²) in [6.07, 6.45) is 4.04. The van der Waals surface area contributed by atoms with Crippen molar-refractivity contribution >= 4 is 17.6 Å². The molecule has 2 aromatic carbocycles. The predicted molar refractivity (Wildman–Crippen MR) is 107 cm³/mol. The normalized spacial score (nSPS) is 27.9. The Kier molecular flexibility index (Phi) is 4.22. The van der Waals surface area contributed by atoms with Crippen LogP contribution in [0.4, 0.5) is 5.69 Å². The molecule has 144 valence electrons. The maximum Gasteiger partial charge on any atom is 0.338 e. The minimum Gasteiger partial charge on any atom is -0.462 e. The lowest BCUT2D eigenvalue weighted by Crippen LogP contribution is -2.40. The third-order valence-corrected chi connectivity index (χ3v) is 6.81. The van der Waals surface area contributed by atoms with E-state index in [1.54, 1.807) is 0 Å². The van der Waals surface area contributed by atoms with Gasteiger partial charge in [0, 0.05) is 17.6 Å². The Morgan fingerprint density at radius 1 is 1.11 bits per heavy atom. The van der Waals surface area contributed by atoms with Crippen molar-refractivity contribution in [3.05, 3.63) is 65.2 Å². The predicted octanol–water partition coefficient (Wildman–Crippen LogP) is 4.33. The molecule has 4 unspecified atom stereocenters. The molecule has 4 atom stereocenters. The molecule has 4 nitrogen and oxygen atoms in total. The number of rotatable bonds is 3. The van der Waals surface area contributed by atoms with E-state index in [9.17, 15) is 9.59 Å². The lowest BCUT2D eigenvalue weighted by Gasteiger charge is -2.41. The van der Waals surface area contributed by atoms with Crippen molar-refractivity contribution in [1.29, 1.82) is 0 Å². The van der Waals surface area contributed by atoms with Gasteiger partial charge < -0.3 is 9.64 Å². The van der Waals surface area contributed by atoms with Crippen LogP contribution in [0.5, 0.6) is 0 Å². The van der Waals surface area contributed by atoms with E-state index in [1.807, 2.05) is 55.5 Å². The van der Waals surface area contributed by atoms with Gasteiger partial charge in [0.15, 0.2) is 0 Å². The number of amides is 1. The Hall–Kier alpha value is -2.62. The lowest BCUT2D eigenvalue weighted by molar-refractivity contribution is -0.121. The van der Waals surface area contributed by atoms with E-state index in [-0.39, 0.29) is 23.8 Å². The number of para-hydroxylation sites is 1. The van der Waals surface area contributed by atoms with Gasteiger partial charge in [-0.1, -0.05) is 30.7 Å². The average Bonchev–Trinajstić information content (AvgIpc) is 3.01. The van der Waals surface area contributed by atoms with Crippen LogP contribution in [0.25, 0.3) is 0 Å². The van der Waals surface area contributed by atoms with Crippen LogP contribution in [-0.2, 0) is 16.0 Å². The van der Waals surface area contributed by atoms with Gasteiger partial charge in [-0.25, -0.2) is 4.79 Å². The second-order valence-corrected chi connectivity index (χ2v) is 8.17. The molecule has 28 heavy (non-hydrogen) atoms. The Morgan fingerprint density at radius 3 is 2.71 bits per heavy atom. The summed E-state index contributed by atoms with van der Waals surface area (Å²) in [6.45, 7) is 2.21. The molecule has 2 fully saturated rings. The minimum absolute atomic E-state index is 0.0523. The van der Waals surface area contributed by atoms with E-state index >= 15 is 0 Å². The molecule has 1 saturated carbocycles. The Bertz CT molecular complexity index is 923. The molecule has 0 spiro atoms. The zero-order chi connectivity index (χ0) is 19.3. The van der Waals surface area contributed by atoms with Gasteiger partial charge in [0.2, 0.25) is 5.91 Å². The fraction of sp³-hybridized carbons (Fsp3) is 0.417. The number of anilines is 1. The number of benzene rings is 2. The summed E-state index contributed by atoms with van der Waals surface area (Å²) >= 11 is 0. The van der Waals surface area contributed by atoms with Crippen LogP contribution < -0.4 is 4.90 Å². The highest BCUT2D eigenvalue weighted by molar-refractivity contribution is 5.99. The molecule has 1 saturated heterocycles. The van der Waals surface area contributed by atoms with Crippen molar-refractivity contribution in [2.45, 2.75) is 44.6 Å². The third-order valence-electron chi connectivity index (χ3n) is 6.81. The van der Waals surface area contributed by atoms with Crippen molar-refractivity contribution in [2.75, 3.05) is 11.5 Å². The molecular weight excluding hydrogens is 350 g/mol. The van der Waals surface area contributed by atoms with E-state index in [4.69, 9.17) is 4.74 Å². The fourth-order valence-corrected chi connectivity index (χ4v) is 5.75. The summed E-state index contributed by atoms with van der Waals surface area (Å²) in [5.41, 5.74) is 4.14. The van der Waals surface area contributed by atoms with Crippen molar-refractivity contribution in [1.82, 2.24) is 0 Å². The van der Waals surface area contributed by atoms with Gasteiger partial charge in [0.25, 0.3) is 0 Å². The zero-order valence-electron chi connectivity index (χ0n) is 16.1. The van der Waals surface area contributed by atoms with E-state index in [0.717, 1.165) is 31.4 Å².